The summed E-state index contributed by atoms with van der Waals surface area (Å²) < 4.78 is 26.5. The Hall–Kier alpha value is -3.34. The van der Waals surface area contributed by atoms with E-state index in [1.165, 1.54) is 30.3 Å². The molecular formula is C22H15Cl2FN4O2. The van der Waals surface area contributed by atoms with Crippen LogP contribution in [0, 0.1) is 31.0 Å². The second-order valence-electron chi connectivity index (χ2n) is 6.93. The van der Waals surface area contributed by atoms with Crippen LogP contribution in [0.25, 0.3) is 11.6 Å². The summed E-state index contributed by atoms with van der Waals surface area (Å²) in [4.78, 5) is 3.17. The van der Waals surface area contributed by atoms with E-state index in [1.54, 1.807) is 0 Å². The quantitative estimate of drug-likeness (QED) is 0.376. The molecule has 2 heterocycles. The molecule has 156 valence electrons. The minimum Gasteiger partial charge on any atom is -0.453 e. The van der Waals surface area contributed by atoms with Crippen molar-refractivity contribution in [3.05, 3.63) is 80.5 Å². The summed E-state index contributed by atoms with van der Waals surface area (Å²) in [7, 11) is 0. The van der Waals surface area contributed by atoms with Crippen LogP contribution >= 0.6 is 23.2 Å². The molecular weight excluding hydrogens is 442 g/mol. The summed E-state index contributed by atoms with van der Waals surface area (Å²) in [6.07, 6.45) is 0.0457. The van der Waals surface area contributed by atoms with Gasteiger partial charge in [-0.2, -0.15) is 5.26 Å². The number of nitrogens with one attached hydrogen (secondary N) is 1. The van der Waals surface area contributed by atoms with Gasteiger partial charge in [-0.05, 0) is 49.7 Å². The molecule has 4 rings (SSSR count). The number of nitrogens with zero attached hydrogens (tertiary/aromatic N) is 3. The van der Waals surface area contributed by atoms with Crippen molar-refractivity contribution in [1.29, 1.82) is 5.26 Å². The lowest BCUT2D eigenvalue weighted by molar-refractivity contribution is 0.437. The van der Waals surface area contributed by atoms with Gasteiger partial charge in [0.2, 0.25) is 5.89 Å². The monoisotopic (exact) mass is 456 g/mol. The molecule has 0 fully saturated rings. The average molecular weight is 457 g/mol. The first-order valence-corrected chi connectivity index (χ1v) is 9.94. The molecule has 0 radical (unpaired) electrons. The first-order valence-electron chi connectivity index (χ1n) is 9.18. The van der Waals surface area contributed by atoms with Crippen LogP contribution in [0.2, 0.25) is 10.0 Å². The fourth-order valence-corrected chi connectivity index (χ4v) is 3.56. The van der Waals surface area contributed by atoms with Crippen LogP contribution in [0.4, 0.5) is 4.39 Å². The smallest absolute Gasteiger partial charge is 0.264 e. The molecule has 0 aliphatic carbocycles. The highest BCUT2D eigenvalue weighted by molar-refractivity contribution is 6.32. The Balaban J connectivity index is 1.62. The Bertz CT molecular complexity index is 1320. The molecule has 0 bridgehead atoms. The number of aromatic nitrogens is 3. The second-order valence-corrected chi connectivity index (χ2v) is 7.77. The predicted molar refractivity (Wildman–Crippen MR) is 114 cm³/mol. The third kappa shape index (κ3) is 4.41. The zero-order chi connectivity index (χ0) is 22.1. The maximum absolute atomic E-state index is 15.2. The van der Waals surface area contributed by atoms with Gasteiger partial charge in [0.25, 0.3) is 5.89 Å². The Morgan fingerprint density at radius 3 is 2.68 bits per heavy atom. The van der Waals surface area contributed by atoms with Gasteiger partial charge in [-0.3, -0.25) is 0 Å². The Morgan fingerprint density at radius 1 is 1.16 bits per heavy atom. The molecule has 0 amide bonds. The molecule has 0 atom stereocenters. The summed E-state index contributed by atoms with van der Waals surface area (Å²) in [5.41, 5.74) is 3.21. The van der Waals surface area contributed by atoms with E-state index in [0.717, 1.165) is 17.0 Å². The fourth-order valence-electron chi connectivity index (χ4n) is 3.15. The van der Waals surface area contributed by atoms with Gasteiger partial charge >= 0.3 is 0 Å². The lowest BCUT2D eigenvalue weighted by Crippen LogP contribution is -1.98. The number of hydrogen-bond acceptors (Lipinski definition) is 5. The van der Waals surface area contributed by atoms with Crippen LogP contribution in [-0.2, 0) is 6.42 Å². The number of halogens is 3. The van der Waals surface area contributed by atoms with Crippen LogP contribution in [0.1, 0.15) is 28.3 Å². The van der Waals surface area contributed by atoms with E-state index in [2.05, 4.69) is 15.2 Å². The first-order chi connectivity index (χ1) is 14.8. The van der Waals surface area contributed by atoms with Crippen molar-refractivity contribution in [2.75, 3.05) is 0 Å². The topological polar surface area (TPSA) is 87.7 Å². The zero-order valence-corrected chi connectivity index (χ0v) is 18.0. The molecule has 0 spiro atoms. The van der Waals surface area contributed by atoms with E-state index in [1.807, 2.05) is 26.0 Å². The first kappa shape index (κ1) is 20.9. The minimum absolute atomic E-state index is 0.0457. The van der Waals surface area contributed by atoms with Gasteiger partial charge in [-0.25, -0.2) is 4.39 Å². The SMILES string of the molecule is Cc1cc(C)c(-c2nnc(Cc3ccc(Cl)c(Oc4cc(Cl)cc(C#N)c4)c3F)o2)[nH]1. The number of benzene rings is 2. The molecule has 0 aliphatic rings. The minimum atomic E-state index is -0.669. The third-order valence-corrected chi connectivity index (χ3v) is 5.04. The van der Waals surface area contributed by atoms with E-state index in [0.29, 0.717) is 5.89 Å². The van der Waals surface area contributed by atoms with E-state index in [4.69, 9.17) is 37.6 Å². The summed E-state index contributed by atoms with van der Waals surface area (Å²) in [5.74, 6) is -0.0871. The van der Waals surface area contributed by atoms with Crippen molar-refractivity contribution < 1.29 is 13.5 Å². The molecule has 1 N–H and O–H groups in total. The lowest BCUT2D eigenvalue weighted by Gasteiger charge is -2.11. The highest BCUT2D eigenvalue weighted by atomic mass is 35.5. The maximum Gasteiger partial charge on any atom is 0.264 e. The number of aromatic amines is 1. The third-order valence-electron chi connectivity index (χ3n) is 4.52. The fraction of sp³-hybridized carbons (Fsp3) is 0.136. The molecule has 2 aromatic heterocycles. The highest BCUT2D eigenvalue weighted by Crippen LogP contribution is 2.36. The van der Waals surface area contributed by atoms with Crippen molar-refractivity contribution in [1.82, 2.24) is 15.2 Å². The average Bonchev–Trinajstić information content (AvgIpc) is 3.32. The second kappa shape index (κ2) is 8.42. The van der Waals surface area contributed by atoms with E-state index in [9.17, 15) is 0 Å². The Kier molecular flexibility index (Phi) is 5.68. The number of rotatable bonds is 5. The van der Waals surface area contributed by atoms with Gasteiger partial charge < -0.3 is 14.1 Å². The van der Waals surface area contributed by atoms with Crippen molar-refractivity contribution >= 4 is 23.2 Å². The summed E-state index contributed by atoms with van der Waals surface area (Å²) in [5, 5.41) is 17.5. The highest BCUT2D eigenvalue weighted by Gasteiger charge is 2.19. The maximum atomic E-state index is 15.2. The van der Waals surface area contributed by atoms with Gasteiger partial charge in [0.05, 0.1) is 23.1 Å². The van der Waals surface area contributed by atoms with Crippen LogP contribution in [-0.4, -0.2) is 15.2 Å². The molecule has 4 aromatic rings. The van der Waals surface area contributed by atoms with Crippen molar-refractivity contribution in [3.8, 4) is 29.2 Å². The molecule has 9 heteroatoms. The van der Waals surface area contributed by atoms with E-state index < -0.39 is 5.82 Å². The van der Waals surface area contributed by atoms with Crippen molar-refractivity contribution in [2.45, 2.75) is 20.3 Å². The van der Waals surface area contributed by atoms with Crippen LogP contribution in [0.5, 0.6) is 11.5 Å². The van der Waals surface area contributed by atoms with Gasteiger partial charge in [-0.15, -0.1) is 10.2 Å². The largest absolute Gasteiger partial charge is 0.453 e. The molecule has 6 nitrogen and oxygen atoms in total. The van der Waals surface area contributed by atoms with Gasteiger partial charge in [0, 0.05) is 16.3 Å². The molecule has 0 unspecified atom stereocenters. The summed E-state index contributed by atoms with van der Waals surface area (Å²) in [6.45, 7) is 3.86. The molecule has 0 saturated carbocycles. The number of hydrogen-bond donors (Lipinski definition) is 1. The van der Waals surface area contributed by atoms with E-state index in [-0.39, 0.29) is 45.0 Å². The predicted octanol–water partition coefficient (Wildman–Crippen LogP) is 6.38. The van der Waals surface area contributed by atoms with Gasteiger partial charge in [0.15, 0.2) is 11.6 Å². The zero-order valence-electron chi connectivity index (χ0n) is 16.5. The normalized spacial score (nSPS) is 10.8. The lowest BCUT2D eigenvalue weighted by atomic mass is 10.1. The Labute approximate surface area is 187 Å². The standard InChI is InChI=1S/C22H15Cl2FN4O2/c1-11-5-12(2)27-20(11)22-29-28-18(31-22)8-14-3-4-17(24)21(19(14)25)30-16-7-13(10-26)6-15(23)9-16/h3-7,9,27H,8H2,1-2H3. The van der Waals surface area contributed by atoms with Gasteiger partial charge in [-0.1, -0.05) is 29.3 Å². The molecule has 0 aliphatic heterocycles. The van der Waals surface area contributed by atoms with Crippen LogP contribution < -0.4 is 4.74 Å². The van der Waals surface area contributed by atoms with Crippen molar-refractivity contribution in [2.24, 2.45) is 0 Å². The molecule has 2 aromatic carbocycles. The number of ether oxygens (including phenoxy) is 1. The Morgan fingerprint density at radius 2 is 1.97 bits per heavy atom. The number of aryl methyl sites for hydroxylation is 2. The summed E-state index contributed by atoms with van der Waals surface area (Å²) >= 11 is 12.1. The molecule has 0 saturated heterocycles. The van der Waals surface area contributed by atoms with Crippen LogP contribution in [0.15, 0.2) is 40.8 Å². The van der Waals surface area contributed by atoms with E-state index >= 15 is 4.39 Å². The molecule has 31 heavy (non-hydrogen) atoms. The number of H-pyrrole nitrogens is 1. The van der Waals surface area contributed by atoms with Gasteiger partial charge in [0.1, 0.15) is 11.4 Å². The number of nitriles is 1. The van der Waals surface area contributed by atoms with Crippen LogP contribution in [0.3, 0.4) is 0 Å². The van der Waals surface area contributed by atoms with Crippen molar-refractivity contribution in [3.63, 3.8) is 0 Å². The summed E-state index contributed by atoms with van der Waals surface area (Å²) in [6, 6.07) is 11.4.